The molecule has 0 saturated heterocycles. The number of phenolic OH excluding ortho intramolecular Hbond substituents is 1. The minimum atomic E-state index is -0.597. The van der Waals surface area contributed by atoms with Crippen LogP contribution in [0.3, 0.4) is 0 Å². The Kier molecular flexibility index (Phi) is 6.54. The molecule has 0 aromatic heterocycles. The van der Waals surface area contributed by atoms with Crippen LogP contribution in [0.25, 0.3) is 0 Å². The number of phenols is 1. The van der Waals surface area contributed by atoms with Crippen molar-refractivity contribution >= 4 is 0 Å². The molecule has 0 amide bonds. The standard InChI is InChI=1S/C12H18FNO3/c1-16-7-8-17-6-5-14-9-10-3-2-4-11(13)12(10)15/h2-4,14-15H,5-9H2,1H3. The van der Waals surface area contributed by atoms with Crippen molar-refractivity contribution in [3.63, 3.8) is 0 Å². The number of rotatable bonds is 8. The maximum Gasteiger partial charge on any atom is 0.165 e. The molecule has 5 heteroatoms. The first-order valence-electron chi connectivity index (χ1n) is 5.49. The summed E-state index contributed by atoms with van der Waals surface area (Å²) >= 11 is 0. The Morgan fingerprint density at radius 1 is 1.29 bits per heavy atom. The molecular weight excluding hydrogens is 225 g/mol. The molecule has 0 heterocycles. The van der Waals surface area contributed by atoms with E-state index in [4.69, 9.17) is 9.47 Å². The number of nitrogens with one attached hydrogen (secondary N) is 1. The minimum absolute atomic E-state index is 0.291. The van der Waals surface area contributed by atoms with Crippen molar-refractivity contribution < 1.29 is 19.0 Å². The molecule has 0 radical (unpaired) electrons. The summed E-state index contributed by atoms with van der Waals surface area (Å²) in [6, 6.07) is 4.48. The van der Waals surface area contributed by atoms with Crippen LogP contribution in [0.1, 0.15) is 5.56 Å². The van der Waals surface area contributed by atoms with Gasteiger partial charge in [-0.2, -0.15) is 0 Å². The Balaban J connectivity index is 2.16. The van der Waals surface area contributed by atoms with E-state index in [0.29, 0.717) is 38.5 Å². The average molecular weight is 243 g/mol. The van der Waals surface area contributed by atoms with Crippen molar-refractivity contribution in [2.45, 2.75) is 6.54 Å². The van der Waals surface area contributed by atoms with Crippen molar-refractivity contribution in [1.82, 2.24) is 5.32 Å². The highest BCUT2D eigenvalue weighted by Gasteiger charge is 2.05. The van der Waals surface area contributed by atoms with Gasteiger partial charge in [0.2, 0.25) is 0 Å². The molecule has 0 fully saturated rings. The van der Waals surface area contributed by atoms with Crippen LogP contribution < -0.4 is 5.32 Å². The van der Waals surface area contributed by atoms with Gasteiger partial charge in [-0.3, -0.25) is 0 Å². The van der Waals surface area contributed by atoms with Gasteiger partial charge < -0.3 is 19.9 Å². The highest BCUT2D eigenvalue weighted by Crippen LogP contribution is 2.19. The number of aromatic hydroxyl groups is 1. The molecule has 96 valence electrons. The van der Waals surface area contributed by atoms with Gasteiger partial charge in [-0.25, -0.2) is 4.39 Å². The molecule has 17 heavy (non-hydrogen) atoms. The number of para-hydroxylation sites is 1. The van der Waals surface area contributed by atoms with E-state index in [9.17, 15) is 9.50 Å². The quantitative estimate of drug-likeness (QED) is 0.675. The van der Waals surface area contributed by atoms with E-state index in [0.717, 1.165) is 0 Å². The summed E-state index contributed by atoms with van der Waals surface area (Å²) in [6.07, 6.45) is 0. The van der Waals surface area contributed by atoms with Crippen LogP contribution in [0, 0.1) is 5.82 Å². The molecule has 1 rings (SSSR count). The zero-order valence-electron chi connectivity index (χ0n) is 9.91. The number of methoxy groups -OCH3 is 1. The fraction of sp³-hybridized carbons (Fsp3) is 0.500. The Morgan fingerprint density at radius 2 is 2.12 bits per heavy atom. The fourth-order valence-electron chi connectivity index (χ4n) is 1.31. The van der Waals surface area contributed by atoms with E-state index in [1.54, 1.807) is 19.2 Å². The van der Waals surface area contributed by atoms with Gasteiger partial charge in [0.25, 0.3) is 0 Å². The fourth-order valence-corrected chi connectivity index (χ4v) is 1.31. The van der Waals surface area contributed by atoms with Crippen LogP contribution in [0.4, 0.5) is 4.39 Å². The largest absolute Gasteiger partial charge is 0.505 e. The van der Waals surface area contributed by atoms with E-state index in [-0.39, 0.29) is 5.75 Å². The molecule has 0 saturated carbocycles. The zero-order chi connectivity index (χ0) is 12.5. The number of halogens is 1. The van der Waals surface area contributed by atoms with Crippen LogP contribution in [0.2, 0.25) is 0 Å². The average Bonchev–Trinajstić information content (AvgIpc) is 2.33. The normalized spacial score (nSPS) is 10.7. The smallest absolute Gasteiger partial charge is 0.165 e. The van der Waals surface area contributed by atoms with Crippen LogP contribution in [-0.2, 0) is 16.0 Å². The molecule has 0 atom stereocenters. The van der Waals surface area contributed by atoms with Gasteiger partial charge in [0.1, 0.15) is 0 Å². The van der Waals surface area contributed by atoms with E-state index in [1.165, 1.54) is 6.07 Å². The Bertz CT molecular complexity index is 334. The van der Waals surface area contributed by atoms with Gasteiger partial charge in [-0.05, 0) is 6.07 Å². The SMILES string of the molecule is COCCOCCNCc1cccc(F)c1O. The Labute approximate surface area is 100 Å². The molecule has 0 bridgehead atoms. The molecule has 0 aliphatic rings. The first-order valence-corrected chi connectivity index (χ1v) is 5.49. The van der Waals surface area contributed by atoms with Gasteiger partial charge >= 0.3 is 0 Å². The molecule has 4 nitrogen and oxygen atoms in total. The minimum Gasteiger partial charge on any atom is -0.505 e. The summed E-state index contributed by atoms with van der Waals surface area (Å²) in [5, 5.41) is 12.5. The van der Waals surface area contributed by atoms with Gasteiger partial charge in [-0.1, -0.05) is 12.1 Å². The van der Waals surface area contributed by atoms with Crippen molar-refractivity contribution in [2.75, 3.05) is 33.5 Å². The van der Waals surface area contributed by atoms with Crippen LogP contribution in [0.15, 0.2) is 18.2 Å². The lowest BCUT2D eigenvalue weighted by Gasteiger charge is -2.07. The van der Waals surface area contributed by atoms with E-state index in [2.05, 4.69) is 5.32 Å². The van der Waals surface area contributed by atoms with Crippen molar-refractivity contribution in [3.8, 4) is 5.75 Å². The van der Waals surface area contributed by atoms with E-state index in [1.807, 2.05) is 0 Å². The first kappa shape index (κ1) is 13.9. The first-order chi connectivity index (χ1) is 8.25. The number of hydrogen-bond donors (Lipinski definition) is 2. The third-order valence-electron chi connectivity index (χ3n) is 2.24. The molecule has 1 aromatic rings. The summed E-state index contributed by atoms with van der Waals surface area (Å²) in [5.74, 6) is -0.888. The predicted octanol–water partition coefficient (Wildman–Crippen LogP) is 1.28. The monoisotopic (exact) mass is 243 g/mol. The summed E-state index contributed by atoms with van der Waals surface area (Å²) in [6.45, 7) is 2.74. The molecule has 2 N–H and O–H groups in total. The van der Waals surface area contributed by atoms with Gasteiger partial charge in [0.05, 0.1) is 19.8 Å². The summed E-state index contributed by atoms with van der Waals surface area (Å²) in [4.78, 5) is 0. The highest BCUT2D eigenvalue weighted by atomic mass is 19.1. The lowest BCUT2D eigenvalue weighted by Crippen LogP contribution is -2.20. The van der Waals surface area contributed by atoms with Crippen molar-refractivity contribution in [3.05, 3.63) is 29.6 Å². The Hall–Kier alpha value is -1.17. The van der Waals surface area contributed by atoms with E-state index >= 15 is 0 Å². The second-order valence-electron chi connectivity index (χ2n) is 3.53. The van der Waals surface area contributed by atoms with Crippen molar-refractivity contribution in [2.24, 2.45) is 0 Å². The lowest BCUT2D eigenvalue weighted by molar-refractivity contribution is 0.0719. The molecule has 0 spiro atoms. The molecule has 0 aliphatic heterocycles. The topological polar surface area (TPSA) is 50.7 Å². The summed E-state index contributed by atoms with van der Waals surface area (Å²) in [7, 11) is 1.62. The Morgan fingerprint density at radius 3 is 2.88 bits per heavy atom. The third-order valence-corrected chi connectivity index (χ3v) is 2.24. The summed E-state index contributed by atoms with van der Waals surface area (Å²) < 4.78 is 23.0. The lowest BCUT2D eigenvalue weighted by atomic mass is 10.2. The highest BCUT2D eigenvalue weighted by molar-refractivity contribution is 5.33. The predicted molar refractivity (Wildman–Crippen MR) is 62.5 cm³/mol. The van der Waals surface area contributed by atoms with Gasteiger partial charge in [0.15, 0.2) is 11.6 Å². The number of benzene rings is 1. The molecule has 1 aromatic carbocycles. The van der Waals surface area contributed by atoms with E-state index < -0.39 is 5.82 Å². The molecule has 0 unspecified atom stereocenters. The molecular formula is C12H18FNO3. The number of hydrogen-bond acceptors (Lipinski definition) is 4. The third kappa shape index (κ3) is 5.12. The summed E-state index contributed by atoms with van der Waals surface area (Å²) in [5.41, 5.74) is 0.543. The van der Waals surface area contributed by atoms with Gasteiger partial charge in [0, 0.05) is 25.8 Å². The maximum absolute atomic E-state index is 13.0. The number of ether oxygens (including phenoxy) is 2. The second-order valence-corrected chi connectivity index (χ2v) is 3.53. The van der Waals surface area contributed by atoms with Crippen LogP contribution >= 0.6 is 0 Å². The second kappa shape index (κ2) is 8.00. The van der Waals surface area contributed by atoms with Crippen molar-refractivity contribution in [1.29, 1.82) is 0 Å². The maximum atomic E-state index is 13.0. The molecule has 0 aliphatic carbocycles. The van der Waals surface area contributed by atoms with Gasteiger partial charge in [-0.15, -0.1) is 0 Å². The zero-order valence-corrected chi connectivity index (χ0v) is 9.91. The van der Waals surface area contributed by atoms with Crippen LogP contribution in [0.5, 0.6) is 5.75 Å². The van der Waals surface area contributed by atoms with Crippen LogP contribution in [-0.4, -0.2) is 38.6 Å².